The fourth-order valence-corrected chi connectivity index (χ4v) is 6.59. The molecular weight excluding hydrogens is 457 g/mol. The highest BCUT2D eigenvalue weighted by molar-refractivity contribution is 5.94. The summed E-state index contributed by atoms with van der Waals surface area (Å²) >= 11 is 0. The largest absolute Gasteiger partial charge is 0.367 e. The van der Waals surface area contributed by atoms with E-state index in [2.05, 4.69) is 44.2 Å². The second-order valence-electron chi connectivity index (χ2n) is 11.0. The van der Waals surface area contributed by atoms with Crippen molar-refractivity contribution in [3.63, 3.8) is 0 Å². The van der Waals surface area contributed by atoms with Crippen molar-refractivity contribution in [3.05, 3.63) is 35.8 Å². The fourth-order valence-electron chi connectivity index (χ4n) is 6.59. The second-order valence-corrected chi connectivity index (χ2v) is 11.0. The monoisotopic (exact) mass is 493 g/mol. The molecule has 2 saturated heterocycles. The fraction of sp³-hybridized carbons (Fsp3) is 0.593. The van der Waals surface area contributed by atoms with Gasteiger partial charge in [0.2, 0.25) is 11.9 Å². The number of hydrogen-bond acceptors (Lipinski definition) is 7. The van der Waals surface area contributed by atoms with E-state index in [1.807, 2.05) is 18.3 Å². The maximum atomic E-state index is 15.1. The normalized spacial score (nSPS) is 24.7. The number of hydrogen-bond donors (Lipinski definition) is 2. The standard InChI is InChI=1S/C27H36FN7O/c1-18(2)33-11-13-34(14-12-33)23-8-7-20(15-22(23)28)31-26-30-17-19-16-27(9-10-29-25(27)36)35(24(19)32-26)21-5-3-4-6-21/h7-8,15,17-18,21H,3-6,9-14,16H2,1-2H3,(H,29,36)(H,30,31,32)/t27-/m1/s1. The van der Waals surface area contributed by atoms with Crippen LogP contribution in [0.3, 0.4) is 0 Å². The number of piperazine rings is 1. The van der Waals surface area contributed by atoms with Gasteiger partial charge in [-0.05, 0) is 51.3 Å². The quantitative estimate of drug-likeness (QED) is 0.661. The Labute approximate surface area is 212 Å². The van der Waals surface area contributed by atoms with Crippen molar-refractivity contribution in [1.29, 1.82) is 0 Å². The lowest BCUT2D eigenvalue weighted by molar-refractivity contribution is -0.123. The van der Waals surface area contributed by atoms with Gasteiger partial charge in [-0.3, -0.25) is 9.69 Å². The first-order chi connectivity index (χ1) is 17.4. The Kier molecular flexibility index (Phi) is 5.98. The van der Waals surface area contributed by atoms with Crippen LogP contribution in [0.15, 0.2) is 24.4 Å². The van der Waals surface area contributed by atoms with Crippen LogP contribution in [0.2, 0.25) is 0 Å². The predicted molar refractivity (Wildman–Crippen MR) is 139 cm³/mol. The number of rotatable bonds is 5. The molecule has 1 spiro atoms. The van der Waals surface area contributed by atoms with Gasteiger partial charge in [0.1, 0.15) is 17.2 Å². The Hall–Kier alpha value is -2.94. The molecule has 6 rings (SSSR count). The molecule has 3 aliphatic heterocycles. The third-order valence-corrected chi connectivity index (χ3v) is 8.54. The van der Waals surface area contributed by atoms with Gasteiger partial charge in [0.15, 0.2) is 0 Å². The second kappa shape index (κ2) is 9.18. The van der Waals surface area contributed by atoms with Crippen LogP contribution in [0.5, 0.6) is 0 Å². The Balaban J connectivity index is 1.22. The van der Waals surface area contributed by atoms with Crippen molar-refractivity contribution in [2.24, 2.45) is 0 Å². The highest BCUT2D eigenvalue weighted by Gasteiger charge is 2.55. The van der Waals surface area contributed by atoms with Gasteiger partial charge in [-0.2, -0.15) is 4.98 Å². The molecular formula is C27H36FN7O. The molecule has 2 N–H and O–H groups in total. The average molecular weight is 494 g/mol. The first-order valence-corrected chi connectivity index (χ1v) is 13.4. The topological polar surface area (TPSA) is 76.6 Å². The molecule has 0 unspecified atom stereocenters. The van der Waals surface area contributed by atoms with Crippen molar-refractivity contribution in [1.82, 2.24) is 20.2 Å². The number of aromatic nitrogens is 2. The maximum absolute atomic E-state index is 15.1. The summed E-state index contributed by atoms with van der Waals surface area (Å²) in [6.45, 7) is 8.63. The molecule has 8 nitrogen and oxygen atoms in total. The third kappa shape index (κ3) is 3.97. The van der Waals surface area contributed by atoms with Gasteiger partial charge in [0, 0.05) is 68.7 Å². The van der Waals surface area contributed by atoms with Crippen LogP contribution in [0.25, 0.3) is 0 Å². The van der Waals surface area contributed by atoms with Crippen LogP contribution in [0.4, 0.5) is 27.5 Å². The molecule has 1 amide bonds. The van der Waals surface area contributed by atoms with Crippen molar-refractivity contribution >= 4 is 29.0 Å². The minimum Gasteiger partial charge on any atom is -0.367 e. The molecule has 2 aromatic rings. The van der Waals surface area contributed by atoms with Gasteiger partial charge in [-0.25, -0.2) is 9.37 Å². The van der Waals surface area contributed by atoms with E-state index in [9.17, 15) is 4.79 Å². The Morgan fingerprint density at radius 3 is 2.61 bits per heavy atom. The molecule has 3 fully saturated rings. The molecule has 4 heterocycles. The SMILES string of the molecule is CC(C)N1CCN(c2ccc(Nc3ncc4c(n3)N(C3CCCC3)[C@]3(CCNC3=O)C4)cc2F)CC1. The zero-order valence-corrected chi connectivity index (χ0v) is 21.3. The lowest BCUT2D eigenvalue weighted by Crippen LogP contribution is -2.56. The number of benzene rings is 1. The van der Waals surface area contributed by atoms with Crippen molar-refractivity contribution < 1.29 is 9.18 Å². The number of nitrogens with one attached hydrogen (secondary N) is 2. The summed E-state index contributed by atoms with van der Waals surface area (Å²) in [6.07, 6.45) is 7.81. The number of anilines is 4. The Morgan fingerprint density at radius 2 is 1.94 bits per heavy atom. The van der Waals surface area contributed by atoms with E-state index < -0.39 is 5.54 Å². The van der Waals surface area contributed by atoms with Gasteiger partial charge in [0.05, 0.1) is 5.69 Å². The highest BCUT2D eigenvalue weighted by atomic mass is 19.1. The number of carbonyl (C=O) groups excluding carboxylic acids is 1. The van der Waals surface area contributed by atoms with E-state index in [-0.39, 0.29) is 11.7 Å². The molecule has 0 bridgehead atoms. The third-order valence-electron chi connectivity index (χ3n) is 8.54. The van der Waals surface area contributed by atoms with Gasteiger partial charge in [0.25, 0.3) is 0 Å². The predicted octanol–water partition coefficient (Wildman–Crippen LogP) is 3.45. The summed E-state index contributed by atoms with van der Waals surface area (Å²) < 4.78 is 15.1. The highest BCUT2D eigenvalue weighted by Crippen LogP contribution is 2.46. The van der Waals surface area contributed by atoms with E-state index in [4.69, 9.17) is 4.98 Å². The summed E-state index contributed by atoms with van der Waals surface area (Å²) in [4.78, 5) is 29.2. The van der Waals surface area contributed by atoms with Crippen molar-refractivity contribution in [3.8, 4) is 0 Å². The minimum absolute atomic E-state index is 0.105. The molecule has 4 aliphatic rings. The van der Waals surface area contributed by atoms with Crippen LogP contribution >= 0.6 is 0 Å². The molecule has 36 heavy (non-hydrogen) atoms. The summed E-state index contributed by atoms with van der Waals surface area (Å²) in [6, 6.07) is 6.11. The van der Waals surface area contributed by atoms with E-state index in [1.165, 1.54) is 18.9 Å². The summed E-state index contributed by atoms with van der Waals surface area (Å²) in [5, 5.41) is 6.26. The molecule has 1 aromatic carbocycles. The lowest BCUT2D eigenvalue weighted by Gasteiger charge is -2.38. The minimum atomic E-state index is -0.544. The molecule has 1 aromatic heterocycles. The molecule has 0 radical (unpaired) electrons. The van der Waals surface area contributed by atoms with E-state index in [1.54, 1.807) is 0 Å². The van der Waals surface area contributed by atoms with E-state index >= 15 is 4.39 Å². The molecule has 9 heteroatoms. The Bertz CT molecular complexity index is 1140. The first-order valence-electron chi connectivity index (χ1n) is 13.4. The average Bonchev–Trinajstić information content (AvgIpc) is 3.59. The number of fused-ring (bicyclic) bond motifs is 1. The number of carbonyl (C=O) groups is 1. The number of nitrogens with zero attached hydrogens (tertiary/aromatic N) is 5. The van der Waals surface area contributed by atoms with Crippen molar-refractivity contribution in [2.75, 3.05) is 47.8 Å². The van der Waals surface area contributed by atoms with Crippen LogP contribution in [0, 0.1) is 5.82 Å². The number of halogens is 1. The van der Waals surface area contributed by atoms with Crippen LogP contribution in [-0.2, 0) is 11.2 Å². The van der Waals surface area contributed by atoms with Crippen LogP contribution < -0.4 is 20.4 Å². The van der Waals surface area contributed by atoms with Crippen LogP contribution in [0.1, 0.15) is 51.5 Å². The smallest absolute Gasteiger partial charge is 0.246 e. The molecule has 1 saturated carbocycles. The van der Waals surface area contributed by atoms with Gasteiger partial charge in [-0.1, -0.05) is 12.8 Å². The molecule has 1 atom stereocenters. The number of amides is 1. The molecule has 1 aliphatic carbocycles. The van der Waals surface area contributed by atoms with Gasteiger partial charge < -0.3 is 20.4 Å². The molecule has 192 valence electrons. The van der Waals surface area contributed by atoms with Crippen LogP contribution in [-0.4, -0.2) is 71.1 Å². The summed E-state index contributed by atoms with van der Waals surface area (Å²) in [5.41, 5.74) is 1.74. The zero-order valence-electron chi connectivity index (χ0n) is 21.3. The van der Waals surface area contributed by atoms with E-state index in [0.29, 0.717) is 42.4 Å². The van der Waals surface area contributed by atoms with E-state index in [0.717, 1.165) is 56.8 Å². The lowest BCUT2D eigenvalue weighted by atomic mass is 9.91. The summed E-state index contributed by atoms with van der Waals surface area (Å²) in [5.74, 6) is 1.16. The first kappa shape index (κ1) is 23.5. The van der Waals surface area contributed by atoms with Gasteiger partial charge >= 0.3 is 0 Å². The summed E-state index contributed by atoms with van der Waals surface area (Å²) in [7, 11) is 0. The van der Waals surface area contributed by atoms with Gasteiger partial charge in [-0.15, -0.1) is 0 Å². The maximum Gasteiger partial charge on any atom is 0.246 e. The zero-order chi connectivity index (χ0) is 24.9. The van der Waals surface area contributed by atoms with Crippen molar-refractivity contribution in [2.45, 2.75) is 70.0 Å². The Morgan fingerprint density at radius 1 is 1.17 bits per heavy atom.